The standard InChI is InChI=1S/C19H20N4OS/c1-2-6-18-21-22-19(25)23(18)20-13-15-9-11-17(12-10-15)24-14-16-7-4-3-5-8-16/h3-5,7-13H,2,6,14H2,1H3,(H,22,25)/b20-13+. The van der Waals surface area contributed by atoms with E-state index in [-0.39, 0.29) is 0 Å². The lowest BCUT2D eigenvalue weighted by atomic mass is 10.2. The normalized spacial score (nSPS) is 11.1. The fourth-order valence-electron chi connectivity index (χ4n) is 2.34. The second-order valence-corrected chi connectivity index (χ2v) is 5.98. The summed E-state index contributed by atoms with van der Waals surface area (Å²) < 4.78 is 7.95. The molecule has 0 atom stereocenters. The van der Waals surface area contributed by atoms with Crippen LogP contribution in [0.3, 0.4) is 0 Å². The molecule has 25 heavy (non-hydrogen) atoms. The highest BCUT2D eigenvalue weighted by Gasteiger charge is 2.03. The number of hydrogen-bond acceptors (Lipinski definition) is 4. The molecule has 3 rings (SSSR count). The summed E-state index contributed by atoms with van der Waals surface area (Å²) in [7, 11) is 0. The van der Waals surface area contributed by atoms with Gasteiger partial charge in [-0.05, 0) is 54.0 Å². The largest absolute Gasteiger partial charge is 0.489 e. The third kappa shape index (κ3) is 4.64. The van der Waals surface area contributed by atoms with Crippen LogP contribution in [-0.4, -0.2) is 21.1 Å². The second kappa shape index (κ2) is 8.39. The van der Waals surface area contributed by atoms with Crippen LogP contribution >= 0.6 is 12.2 Å². The van der Waals surface area contributed by atoms with Crippen molar-refractivity contribution in [3.8, 4) is 5.75 Å². The van der Waals surface area contributed by atoms with Crippen molar-refractivity contribution in [1.82, 2.24) is 14.9 Å². The summed E-state index contributed by atoms with van der Waals surface area (Å²) in [5.74, 6) is 1.67. The summed E-state index contributed by atoms with van der Waals surface area (Å²) in [6.07, 6.45) is 3.59. The Morgan fingerprint density at radius 3 is 2.64 bits per heavy atom. The van der Waals surface area contributed by atoms with Gasteiger partial charge < -0.3 is 4.74 Å². The maximum Gasteiger partial charge on any atom is 0.216 e. The lowest BCUT2D eigenvalue weighted by Gasteiger charge is -2.06. The molecule has 0 aliphatic carbocycles. The fraction of sp³-hybridized carbons (Fsp3) is 0.211. The minimum Gasteiger partial charge on any atom is -0.489 e. The van der Waals surface area contributed by atoms with Crippen molar-refractivity contribution >= 4 is 18.4 Å². The van der Waals surface area contributed by atoms with Crippen molar-refractivity contribution < 1.29 is 4.74 Å². The number of hydrogen-bond donors (Lipinski definition) is 1. The third-order valence-corrected chi connectivity index (χ3v) is 3.91. The molecular formula is C19H20N4OS. The number of aromatic nitrogens is 3. The van der Waals surface area contributed by atoms with Crippen molar-refractivity contribution in [2.75, 3.05) is 0 Å². The van der Waals surface area contributed by atoms with E-state index in [4.69, 9.17) is 17.0 Å². The molecule has 0 unspecified atom stereocenters. The van der Waals surface area contributed by atoms with Crippen LogP contribution in [0.25, 0.3) is 0 Å². The molecule has 0 bridgehead atoms. The number of nitrogens with one attached hydrogen (secondary N) is 1. The minimum atomic E-state index is 0.502. The molecule has 0 saturated heterocycles. The average molecular weight is 352 g/mol. The van der Waals surface area contributed by atoms with E-state index in [2.05, 4.69) is 22.2 Å². The third-order valence-electron chi connectivity index (χ3n) is 3.64. The molecule has 0 spiro atoms. The monoisotopic (exact) mass is 352 g/mol. The first-order valence-corrected chi connectivity index (χ1v) is 8.64. The van der Waals surface area contributed by atoms with E-state index in [1.165, 1.54) is 0 Å². The number of aryl methyl sites for hydroxylation is 1. The van der Waals surface area contributed by atoms with Crippen LogP contribution in [-0.2, 0) is 13.0 Å². The molecule has 5 nitrogen and oxygen atoms in total. The highest BCUT2D eigenvalue weighted by atomic mass is 32.1. The Balaban J connectivity index is 1.64. The van der Waals surface area contributed by atoms with Crippen molar-refractivity contribution in [1.29, 1.82) is 0 Å². The second-order valence-electron chi connectivity index (χ2n) is 5.59. The van der Waals surface area contributed by atoms with Gasteiger partial charge in [-0.2, -0.15) is 14.9 Å². The van der Waals surface area contributed by atoms with E-state index >= 15 is 0 Å². The maximum atomic E-state index is 5.79. The lowest BCUT2D eigenvalue weighted by molar-refractivity contribution is 0.306. The van der Waals surface area contributed by atoms with Gasteiger partial charge in [-0.1, -0.05) is 37.3 Å². The van der Waals surface area contributed by atoms with E-state index < -0.39 is 0 Å². The van der Waals surface area contributed by atoms with Gasteiger partial charge in [-0.3, -0.25) is 5.10 Å². The first kappa shape index (κ1) is 17.1. The van der Waals surface area contributed by atoms with Crippen LogP contribution < -0.4 is 4.74 Å². The van der Waals surface area contributed by atoms with Gasteiger partial charge >= 0.3 is 0 Å². The average Bonchev–Trinajstić information content (AvgIpc) is 3.00. The predicted molar refractivity (Wildman–Crippen MR) is 102 cm³/mol. The van der Waals surface area contributed by atoms with Gasteiger partial charge in [0.25, 0.3) is 0 Å². The molecule has 0 aliphatic heterocycles. The summed E-state index contributed by atoms with van der Waals surface area (Å²) in [4.78, 5) is 0. The van der Waals surface area contributed by atoms with Crippen molar-refractivity contribution in [3.05, 3.63) is 76.3 Å². The summed E-state index contributed by atoms with van der Waals surface area (Å²) in [5, 5.41) is 11.4. The van der Waals surface area contributed by atoms with Crippen molar-refractivity contribution in [2.45, 2.75) is 26.4 Å². The van der Waals surface area contributed by atoms with Crippen LogP contribution in [0.5, 0.6) is 5.75 Å². The number of benzene rings is 2. The van der Waals surface area contributed by atoms with E-state index in [1.807, 2.05) is 54.6 Å². The van der Waals surface area contributed by atoms with Gasteiger partial charge in [0.2, 0.25) is 4.77 Å². The first-order valence-electron chi connectivity index (χ1n) is 8.23. The maximum absolute atomic E-state index is 5.79. The smallest absolute Gasteiger partial charge is 0.216 e. The highest BCUT2D eigenvalue weighted by Crippen LogP contribution is 2.13. The Kier molecular flexibility index (Phi) is 5.74. The number of aromatic amines is 1. The lowest BCUT2D eigenvalue weighted by Crippen LogP contribution is -1.99. The van der Waals surface area contributed by atoms with Crippen LogP contribution in [0, 0.1) is 4.77 Å². The van der Waals surface area contributed by atoms with E-state index in [9.17, 15) is 0 Å². The van der Waals surface area contributed by atoms with E-state index in [1.54, 1.807) is 10.9 Å². The summed E-state index contributed by atoms with van der Waals surface area (Å²) in [6.45, 7) is 2.65. The molecule has 0 amide bonds. The molecule has 2 aromatic carbocycles. The zero-order chi connectivity index (χ0) is 17.5. The Morgan fingerprint density at radius 2 is 1.92 bits per heavy atom. The Morgan fingerprint density at radius 1 is 1.16 bits per heavy atom. The Labute approximate surface area is 152 Å². The van der Waals surface area contributed by atoms with E-state index in [0.29, 0.717) is 11.4 Å². The molecule has 0 aliphatic rings. The molecule has 1 heterocycles. The molecule has 0 radical (unpaired) electrons. The molecule has 128 valence electrons. The first-order chi connectivity index (χ1) is 12.3. The van der Waals surface area contributed by atoms with Gasteiger partial charge in [0.05, 0.1) is 6.21 Å². The topological polar surface area (TPSA) is 55.2 Å². The van der Waals surface area contributed by atoms with Crippen LogP contribution in [0.2, 0.25) is 0 Å². The van der Waals surface area contributed by atoms with E-state index in [0.717, 1.165) is 35.5 Å². The Hall–Kier alpha value is -2.73. The summed E-state index contributed by atoms with van der Waals surface area (Å²) in [6, 6.07) is 17.9. The van der Waals surface area contributed by atoms with Crippen LogP contribution in [0.15, 0.2) is 59.7 Å². The molecule has 1 aromatic heterocycles. The zero-order valence-corrected chi connectivity index (χ0v) is 14.9. The SMILES string of the molecule is CCCc1n[nH]c(=S)n1/N=C/c1ccc(OCc2ccccc2)cc1. The molecule has 0 saturated carbocycles. The van der Waals surface area contributed by atoms with Crippen LogP contribution in [0.1, 0.15) is 30.3 Å². The quantitative estimate of drug-likeness (QED) is 0.508. The Bertz CT molecular complexity index is 882. The number of nitrogens with zero attached hydrogens (tertiary/aromatic N) is 3. The van der Waals surface area contributed by atoms with Crippen molar-refractivity contribution in [3.63, 3.8) is 0 Å². The highest BCUT2D eigenvalue weighted by molar-refractivity contribution is 7.71. The fourth-order valence-corrected chi connectivity index (χ4v) is 2.54. The van der Waals surface area contributed by atoms with Gasteiger partial charge in [0.1, 0.15) is 12.4 Å². The zero-order valence-electron chi connectivity index (χ0n) is 14.1. The number of ether oxygens (including phenoxy) is 1. The predicted octanol–water partition coefficient (Wildman–Crippen LogP) is 4.35. The molecule has 0 fully saturated rings. The molecule has 3 aromatic rings. The van der Waals surface area contributed by atoms with Crippen molar-refractivity contribution in [2.24, 2.45) is 5.10 Å². The molecule has 1 N–H and O–H groups in total. The number of H-pyrrole nitrogens is 1. The van der Waals surface area contributed by atoms with Crippen LogP contribution in [0.4, 0.5) is 0 Å². The minimum absolute atomic E-state index is 0.502. The summed E-state index contributed by atoms with van der Waals surface area (Å²) in [5.41, 5.74) is 2.11. The number of rotatable bonds is 7. The molecular weight excluding hydrogens is 332 g/mol. The molecule has 6 heteroatoms. The van der Waals surface area contributed by atoms with Gasteiger partial charge in [0.15, 0.2) is 5.82 Å². The summed E-state index contributed by atoms with van der Waals surface area (Å²) >= 11 is 5.22. The van der Waals surface area contributed by atoms with Gasteiger partial charge in [-0.25, -0.2) is 0 Å². The van der Waals surface area contributed by atoms with Gasteiger partial charge in [0, 0.05) is 6.42 Å². The van der Waals surface area contributed by atoms with Gasteiger partial charge in [-0.15, -0.1) is 0 Å².